The molecule has 7 nitrogen and oxygen atoms in total. The zero-order valence-electron chi connectivity index (χ0n) is 17.9. The molecule has 164 valence electrons. The summed E-state index contributed by atoms with van der Waals surface area (Å²) in [4.78, 5) is 34.0. The molecule has 0 radical (unpaired) electrons. The van der Waals surface area contributed by atoms with Crippen LogP contribution < -0.4 is 10.6 Å². The molecule has 1 aliphatic heterocycles. The first-order chi connectivity index (χ1) is 15.2. The maximum atomic E-state index is 13.2. The van der Waals surface area contributed by atoms with Crippen LogP contribution in [0.2, 0.25) is 0 Å². The van der Waals surface area contributed by atoms with E-state index in [4.69, 9.17) is 0 Å². The van der Waals surface area contributed by atoms with Crippen molar-refractivity contribution in [3.05, 3.63) is 60.4 Å². The Hall–Kier alpha value is -2.93. The number of amides is 3. The van der Waals surface area contributed by atoms with Gasteiger partial charge >= 0.3 is 6.03 Å². The SMILES string of the molecule is O=C(NCc1ccncc1)C(C1CCCC1)N1CCN(C(=O)Nc2ccccc2)CC1. The van der Waals surface area contributed by atoms with E-state index in [1.165, 1.54) is 12.8 Å². The van der Waals surface area contributed by atoms with E-state index >= 15 is 0 Å². The third kappa shape index (κ3) is 5.61. The molecule has 3 amide bonds. The number of nitrogens with one attached hydrogen (secondary N) is 2. The van der Waals surface area contributed by atoms with Gasteiger partial charge in [0.1, 0.15) is 0 Å². The Morgan fingerprint density at radius 3 is 2.32 bits per heavy atom. The molecule has 7 heteroatoms. The molecular weight excluding hydrogens is 390 g/mol. The van der Waals surface area contributed by atoms with Crippen LogP contribution in [-0.4, -0.2) is 58.9 Å². The summed E-state index contributed by atoms with van der Waals surface area (Å²) in [6.45, 7) is 3.20. The van der Waals surface area contributed by atoms with Gasteiger partial charge in [-0.3, -0.25) is 14.7 Å². The van der Waals surface area contributed by atoms with Crippen LogP contribution in [0.1, 0.15) is 31.2 Å². The number of nitrogens with zero attached hydrogens (tertiary/aromatic N) is 3. The molecule has 4 rings (SSSR count). The molecule has 2 aromatic rings. The van der Waals surface area contributed by atoms with Gasteiger partial charge < -0.3 is 15.5 Å². The maximum absolute atomic E-state index is 13.2. The van der Waals surface area contributed by atoms with E-state index < -0.39 is 0 Å². The Morgan fingerprint density at radius 2 is 1.65 bits per heavy atom. The van der Waals surface area contributed by atoms with Gasteiger partial charge in [0.2, 0.25) is 5.91 Å². The number of pyridine rings is 1. The van der Waals surface area contributed by atoms with E-state index in [0.29, 0.717) is 38.6 Å². The Kier molecular flexibility index (Phi) is 7.14. The van der Waals surface area contributed by atoms with Crippen molar-refractivity contribution in [2.75, 3.05) is 31.5 Å². The normalized spacial score (nSPS) is 18.5. The molecule has 1 saturated heterocycles. The van der Waals surface area contributed by atoms with E-state index in [9.17, 15) is 9.59 Å². The Bertz CT molecular complexity index is 847. The second-order valence-corrected chi connectivity index (χ2v) is 8.38. The molecule has 1 aromatic carbocycles. The number of hydrogen-bond acceptors (Lipinski definition) is 4. The number of hydrogen-bond donors (Lipinski definition) is 2. The van der Waals surface area contributed by atoms with E-state index in [-0.39, 0.29) is 18.0 Å². The average molecular weight is 422 g/mol. The molecule has 1 aromatic heterocycles. The van der Waals surface area contributed by atoms with E-state index in [0.717, 1.165) is 24.1 Å². The second-order valence-electron chi connectivity index (χ2n) is 8.38. The van der Waals surface area contributed by atoms with Gasteiger partial charge in [0.05, 0.1) is 6.04 Å². The van der Waals surface area contributed by atoms with Crippen molar-refractivity contribution in [1.29, 1.82) is 0 Å². The highest BCUT2D eigenvalue weighted by molar-refractivity contribution is 5.89. The molecule has 0 bridgehead atoms. The van der Waals surface area contributed by atoms with Gasteiger partial charge in [0, 0.05) is 50.8 Å². The average Bonchev–Trinajstić information content (AvgIpc) is 3.34. The Balaban J connectivity index is 1.34. The molecule has 2 N–H and O–H groups in total. The van der Waals surface area contributed by atoms with Crippen LogP contribution in [-0.2, 0) is 11.3 Å². The van der Waals surface area contributed by atoms with Gasteiger partial charge in [-0.15, -0.1) is 0 Å². The molecule has 0 spiro atoms. The second kappa shape index (κ2) is 10.4. The number of carbonyl (C=O) groups is 2. The number of rotatable bonds is 6. The number of piperazine rings is 1. The van der Waals surface area contributed by atoms with E-state index in [2.05, 4.69) is 20.5 Å². The fraction of sp³-hybridized carbons (Fsp3) is 0.458. The minimum atomic E-state index is -0.122. The third-order valence-corrected chi connectivity index (χ3v) is 6.35. The number of benzene rings is 1. The van der Waals surface area contributed by atoms with Crippen molar-refractivity contribution in [1.82, 2.24) is 20.1 Å². The molecule has 1 atom stereocenters. The summed E-state index contributed by atoms with van der Waals surface area (Å²) in [6.07, 6.45) is 8.08. The zero-order chi connectivity index (χ0) is 21.5. The summed E-state index contributed by atoms with van der Waals surface area (Å²) in [5, 5.41) is 6.09. The largest absolute Gasteiger partial charge is 0.351 e. The van der Waals surface area contributed by atoms with Crippen LogP contribution in [0, 0.1) is 5.92 Å². The van der Waals surface area contributed by atoms with Crippen molar-refractivity contribution >= 4 is 17.6 Å². The van der Waals surface area contributed by atoms with Gasteiger partial charge in [-0.1, -0.05) is 31.0 Å². The molecule has 2 heterocycles. The first-order valence-corrected chi connectivity index (χ1v) is 11.2. The molecule has 1 saturated carbocycles. The molecule has 2 fully saturated rings. The summed E-state index contributed by atoms with van der Waals surface area (Å²) in [6, 6.07) is 13.2. The topological polar surface area (TPSA) is 77.6 Å². The van der Waals surface area contributed by atoms with Crippen LogP contribution >= 0.6 is 0 Å². The fourth-order valence-corrected chi connectivity index (χ4v) is 4.67. The number of carbonyl (C=O) groups excluding carboxylic acids is 2. The predicted octanol–water partition coefficient (Wildman–Crippen LogP) is 3.11. The van der Waals surface area contributed by atoms with Gasteiger partial charge in [-0.2, -0.15) is 0 Å². The predicted molar refractivity (Wildman–Crippen MR) is 120 cm³/mol. The lowest BCUT2D eigenvalue weighted by Gasteiger charge is -2.40. The molecular formula is C24H31N5O2. The van der Waals surface area contributed by atoms with Crippen LogP contribution in [0.25, 0.3) is 0 Å². The van der Waals surface area contributed by atoms with Crippen molar-refractivity contribution in [3.8, 4) is 0 Å². The number of para-hydroxylation sites is 1. The summed E-state index contributed by atoms with van der Waals surface area (Å²) >= 11 is 0. The third-order valence-electron chi connectivity index (χ3n) is 6.35. The monoisotopic (exact) mass is 421 g/mol. The van der Waals surface area contributed by atoms with E-state index in [1.807, 2.05) is 47.4 Å². The highest BCUT2D eigenvalue weighted by atomic mass is 16.2. The molecule has 1 aliphatic carbocycles. The first kappa shape index (κ1) is 21.3. The zero-order valence-corrected chi connectivity index (χ0v) is 17.9. The molecule has 1 unspecified atom stereocenters. The Morgan fingerprint density at radius 1 is 0.968 bits per heavy atom. The van der Waals surface area contributed by atoms with Crippen molar-refractivity contribution in [3.63, 3.8) is 0 Å². The maximum Gasteiger partial charge on any atom is 0.321 e. The van der Waals surface area contributed by atoms with Crippen LogP contribution in [0.4, 0.5) is 10.5 Å². The van der Waals surface area contributed by atoms with Gasteiger partial charge in [-0.05, 0) is 48.6 Å². The number of anilines is 1. The quantitative estimate of drug-likeness (QED) is 0.751. The van der Waals surface area contributed by atoms with Gasteiger partial charge in [0.15, 0.2) is 0 Å². The van der Waals surface area contributed by atoms with Crippen molar-refractivity contribution in [2.45, 2.75) is 38.3 Å². The molecule has 2 aliphatic rings. The summed E-state index contributed by atoms with van der Waals surface area (Å²) < 4.78 is 0. The highest BCUT2D eigenvalue weighted by Crippen LogP contribution is 2.31. The lowest BCUT2D eigenvalue weighted by atomic mass is 9.95. The van der Waals surface area contributed by atoms with Crippen LogP contribution in [0.3, 0.4) is 0 Å². The van der Waals surface area contributed by atoms with Gasteiger partial charge in [0.25, 0.3) is 0 Å². The van der Waals surface area contributed by atoms with E-state index in [1.54, 1.807) is 12.4 Å². The van der Waals surface area contributed by atoms with Crippen molar-refractivity contribution in [2.24, 2.45) is 5.92 Å². The van der Waals surface area contributed by atoms with Gasteiger partial charge in [-0.25, -0.2) is 4.79 Å². The number of aromatic nitrogens is 1. The van der Waals surface area contributed by atoms with Crippen molar-refractivity contribution < 1.29 is 9.59 Å². The molecule has 31 heavy (non-hydrogen) atoms. The minimum absolute atomic E-state index is 0.0783. The summed E-state index contributed by atoms with van der Waals surface area (Å²) in [7, 11) is 0. The lowest BCUT2D eigenvalue weighted by molar-refractivity contribution is -0.129. The lowest BCUT2D eigenvalue weighted by Crippen LogP contribution is -2.58. The van der Waals surface area contributed by atoms with Crippen LogP contribution in [0.5, 0.6) is 0 Å². The minimum Gasteiger partial charge on any atom is -0.351 e. The fourth-order valence-electron chi connectivity index (χ4n) is 4.67. The standard InChI is InChI=1S/C24H31N5O2/c30-23(26-18-19-10-12-25-13-11-19)22(20-6-4-5-7-20)28-14-16-29(17-15-28)24(31)27-21-8-2-1-3-9-21/h1-3,8-13,20,22H,4-7,14-18H2,(H,26,30)(H,27,31). The summed E-state index contributed by atoms with van der Waals surface area (Å²) in [5.74, 6) is 0.494. The first-order valence-electron chi connectivity index (χ1n) is 11.2. The highest BCUT2D eigenvalue weighted by Gasteiger charge is 2.37. The number of urea groups is 1. The smallest absolute Gasteiger partial charge is 0.321 e. The summed E-state index contributed by atoms with van der Waals surface area (Å²) in [5.41, 5.74) is 1.85. The Labute approximate surface area is 183 Å². The van der Waals surface area contributed by atoms with Crippen LogP contribution in [0.15, 0.2) is 54.9 Å².